The van der Waals surface area contributed by atoms with Crippen molar-refractivity contribution in [2.75, 3.05) is 26.2 Å². The van der Waals surface area contributed by atoms with Crippen molar-refractivity contribution in [3.8, 4) is 0 Å². The molecule has 3 heteroatoms. The monoisotopic (exact) mass is 187 g/mol. The Balaban J connectivity index is 2.30. The van der Waals surface area contributed by atoms with Crippen LogP contribution in [0.25, 0.3) is 0 Å². The van der Waals surface area contributed by atoms with E-state index in [1.807, 2.05) is 0 Å². The van der Waals surface area contributed by atoms with Gasteiger partial charge < -0.3 is 15.1 Å². The van der Waals surface area contributed by atoms with Crippen LogP contribution in [0.3, 0.4) is 0 Å². The van der Waals surface area contributed by atoms with Crippen LogP contribution in [-0.2, 0) is 0 Å². The van der Waals surface area contributed by atoms with Crippen molar-refractivity contribution in [3.05, 3.63) is 0 Å². The zero-order valence-electron chi connectivity index (χ0n) is 8.66. The first-order valence-electron chi connectivity index (χ1n) is 5.09. The number of aliphatic hydroxyl groups excluding tert-OH is 1. The molecule has 0 saturated carbocycles. The number of piperidine rings is 1. The van der Waals surface area contributed by atoms with Crippen LogP contribution in [0.2, 0.25) is 0 Å². The van der Waals surface area contributed by atoms with E-state index in [0.29, 0.717) is 6.54 Å². The number of aliphatic hydroxyl groups is 2. The highest BCUT2D eigenvalue weighted by Crippen LogP contribution is 2.17. The third-order valence-electron chi connectivity index (χ3n) is 2.78. The normalized spacial score (nSPS) is 25.8. The number of nitrogens with zero attached hydrogens (tertiary/aromatic N) is 1. The summed E-state index contributed by atoms with van der Waals surface area (Å²) < 4.78 is 0. The minimum absolute atomic E-state index is 0.154. The topological polar surface area (TPSA) is 43.7 Å². The van der Waals surface area contributed by atoms with Gasteiger partial charge in [0.1, 0.15) is 0 Å². The molecule has 1 saturated heterocycles. The lowest BCUT2D eigenvalue weighted by molar-refractivity contribution is -0.0309. The maximum atomic E-state index is 9.65. The lowest BCUT2D eigenvalue weighted by Gasteiger charge is -2.34. The molecule has 3 nitrogen and oxygen atoms in total. The number of β-amino-alcohol motifs (C(OH)–C–C–N with tert-alkyl or cyclic N) is 1. The van der Waals surface area contributed by atoms with E-state index in [1.54, 1.807) is 6.92 Å². The van der Waals surface area contributed by atoms with Crippen molar-refractivity contribution < 1.29 is 10.2 Å². The van der Waals surface area contributed by atoms with Gasteiger partial charge in [-0.3, -0.25) is 0 Å². The molecule has 0 radical (unpaired) electrons. The Kier molecular flexibility index (Phi) is 3.71. The molecular formula is C10H21NO2. The molecule has 78 valence electrons. The van der Waals surface area contributed by atoms with Gasteiger partial charge in [0, 0.05) is 6.54 Å². The summed E-state index contributed by atoms with van der Waals surface area (Å²) in [5, 5.41) is 18.5. The second kappa shape index (κ2) is 4.40. The number of likely N-dealkylation sites (tertiary alicyclic amines) is 1. The van der Waals surface area contributed by atoms with Crippen LogP contribution in [-0.4, -0.2) is 47.0 Å². The third-order valence-corrected chi connectivity index (χ3v) is 2.78. The van der Waals surface area contributed by atoms with E-state index in [1.165, 1.54) is 12.8 Å². The molecule has 1 aliphatic rings. The summed E-state index contributed by atoms with van der Waals surface area (Å²) in [5.74, 6) is 0.815. The van der Waals surface area contributed by atoms with Crippen LogP contribution >= 0.6 is 0 Å². The van der Waals surface area contributed by atoms with E-state index < -0.39 is 5.60 Å². The molecular weight excluding hydrogens is 166 g/mol. The average molecular weight is 187 g/mol. The molecule has 2 N–H and O–H groups in total. The zero-order chi connectivity index (χ0) is 9.90. The Morgan fingerprint density at radius 2 is 1.92 bits per heavy atom. The molecule has 0 aliphatic carbocycles. The quantitative estimate of drug-likeness (QED) is 0.674. The van der Waals surface area contributed by atoms with E-state index in [0.717, 1.165) is 19.0 Å². The van der Waals surface area contributed by atoms with Gasteiger partial charge in [0.15, 0.2) is 0 Å². The van der Waals surface area contributed by atoms with Crippen molar-refractivity contribution >= 4 is 0 Å². The average Bonchev–Trinajstić information content (AvgIpc) is 2.09. The summed E-state index contributed by atoms with van der Waals surface area (Å²) in [4.78, 5) is 2.23. The smallest absolute Gasteiger partial charge is 0.0975 e. The van der Waals surface area contributed by atoms with E-state index in [-0.39, 0.29) is 6.61 Å². The predicted octanol–water partition coefficient (Wildman–Crippen LogP) is 0.462. The van der Waals surface area contributed by atoms with Gasteiger partial charge in [-0.15, -0.1) is 0 Å². The molecule has 1 atom stereocenters. The molecule has 0 spiro atoms. The number of rotatable bonds is 3. The molecule has 1 heterocycles. The Hall–Kier alpha value is -0.120. The van der Waals surface area contributed by atoms with Crippen molar-refractivity contribution in [1.82, 2.24) is 4.90 Å². The highest BCUT2D eigenvalue weighted by molar-refractivity contribution is 4.79. The van der Waals surface area contributed by atoms with E-state index >= 15 is 0 Å². The van der Waals surface area contributed by atoms with Crippen LogP contribution in [0, 0.1) is 5.92 Å². The summed E-state index contributed by atoms with van der Waals surface area (Å²) in [6, 6.07) is 0. The SMILES string of the molecule is CC1CCN(CC(C)(O)CO)CC1. The van der Waals surface area contributed by atoms with Crippen molar-refractivity contribution in [2.45, 2.75) is 32.3 Å². The largest absolute Gasteiger partial charge is 0.393 e. The lowest BCUT2D eigenvalue weighted by atomic mass is 9.97. The maximum absolute atomic E-state index is 9.65. The van der Waals surface area contributed by atoms with E-state index in [9.17, 15) is 5.11 Å². The second-order valence-electron chi connectivity index (χ2n) is 4.61. The molecule has 1 fully saturated rings. The Morgan fingerprint density at radius 1 is 1.38 bits per heavy atom. The Morgan fingerprint density at radius 3 is 2.38 bits per heavy atom. The minimum Gasteiger partial charge on any atom is -0.393 e. The van der Waals surface area contributed by atoms with Crippen molar-refractivity contribution in [2.24, 2.45) is 5.92 Å². The molecule has 1 rings (SSSR count). The van der Waals surface area contributed by atoms with E-state index in [2.05, 4.69) is 11.8 Å². The number of hydrogen-bond acceptors (Lipinski definition) is 3. The van der Waals surface area contributed by atoms with Crippen LogP contribution in [0.1, 0.15) is 26.7 Å². The summed E-state index contributed by atoms with van der Waals surface area (Å²) in [7, 11) is 0. The summed E-state index contributed by atoms with van der Waals surface area (Å²) >= 11 is 0. The lowest BCUT2D eigenvalue weighted by Crippen LogP contribution is -2.46. The summed E-state index contributed by atoms with van der Waals surface area (Å²) in [6.07, 6.45) is 2.42. The van der Waals surface area contributed by atoms with Crippen molar-refractivity contribution in [1.29, 1.82) is 0 Å². The van der Waals surface area contributed by atoms with Gasteiger partial charge in [-0.2, -0.15) is 0 Å². The minimum atomic E-state index is -0.930. The van der Waals surface area contributed by atoms with E-state index in [4.69, 9.17) is 5.11 Å². The molecule has 0 aromatic carbocycles. The fraction of sp³-hybridized carbons (Fsp3) is 1.00. The standard InChI is InChI=1S/C10H21NO2/c1-9-3-5-11(6-4-9)7-10(2,13)8-12/h9,12-13H,3-8H2,1-2H3. The predicted molar refractivity (Wildman–Crippen MR) is 52.5 cm³/mol. The first kappa shape index (κ1) is 11.0. The molecule has 0 bridgehead atoms. The Bertz CT molecular complexity index is 151. The van der Waals surface area contributed by atoms with Gasteiger partial charge in [-0.05, 0) is 38.8 Å². The van der Waals surface area contributed by atoms with Gasteiger partial charge in [0.2, 0.25) is 0 Å². The summed E-state index contributed by atoms with van der Waals surface area (Å²) in [5.41, 5.74) is -0.930. The van der Waals surface area contributed by atoms with Crippen LogP contribution in [0.15, 0.2) is 0 Å². The first-order valence-corrected chi connectivity index (χ1v) is 5.09. The third kappa shape index (κ3) is 3.63. The fourth-order valence-corrected chi connectivity index (χ4v) is 1.75. The molecule has 0 aromatic rings. The molecule has 0 amide bonds. The van der Waals surface area contributed by atoms with Gasteiger partial charge in [0.25, 0.3) is 0 Å². The van der Waals surface area contributed by atoms with Crippen LogP contribution < -0.4 is 0 Å². The van der Waals surface area contributed by atoms with Crippen molar-refractivity contribution in [3.63, 3.8) is 0 Å². The van der Waals surface area contributed by atoms with Crippen LogP contribution in [0.4, 0.5) is 0 Å². The zero-order valence-corrected chi connectivity index (χ0v) is 8.66. The van der Waals surface area contributed by atoms with Gasteiger partial charge in [-0.1, -0.05) is 6.92 Å². The van der Waals surface area contributed by atoms with Crippen LogP contribution in [0.5, 0.6) is 0 Å². The van der Waals surface area contributed by atoms with Gasteiger partial charge >= 0.3 is 0 Å². The fourth-order valence-electron chi connectivity index (χ4n) is 1.75. The Labute approximate surface area is 80.4 Å². The van der Waals surface area contributed by atoms with Gasteiger partial charge in [-0.25, -0.2) is 0 Å². The highest BCUT2D eigenvalue weighted by atomic mass is 16.3. The highest BCUT2D eigenvalue weighted by Gasteiger charge is 2.25. The molecule has 1 aliphatic heterocycles. The molecule has 0 aromatic heterocycles. The molecule has 1 unspecified atom stereocenters. The first-order chi connectivity index (χ1) is 6.03. The number of hydrogen-bond donors (Lipinski definition) is 2. The summed E-state index contributed by atoms with van der Waals surface area (Å²) in [6.45, 7) is 6.50. The van der Waals surface area contributed by atoms with Gasteiger partial charge in [0.05, 0.1) is 12.2 Å². The maximum Gasteiger partial charge on any atom is 0.0975 e. The molecule has 13 heavy (non-hydrogen) atoms. The second-order valence-corrected chi connectivity index (χ2v) is 4.61.